The lowest BCUT2D eigenvalue weighted by molar-refractivity contribution is -0.143. The summed E-state index contributed by atoms with van der Waals surface area (Å²) in [4.78, 5) is 13.1. The van der Waals surface area contributed by atoms with E-state index in [0.717, 1.165) is 19.3 Å². The Hall–Kier alpha value is -0.330. The molecule has 0 amide bonds. The molecule has 1 saturated heterocycles. The number of hydrogen-bond donors (Lipinski definition) is 1. The second kappa shape index (κ2) is 6.62. The fourth-order valence-electron chi connectivity index (χ4n) is 3.52. The van der Waals surface area contributed by atoms with Crippen molar-refractivity contribution in [3.8, 4) is 0 Å². The van der Waals surface area contributed by atoms with Crippen LogP contribution in [-0.4, -0.2) is 54.0 Å². The van der Waals surface area contributed by atoms with E-state index in [1.165, 1.54) is 0 Å². The molecular weight excluding hydrogens is 302 g/mol. The van der Waals surface area contributed by atoms with Crippen LogP contribution in [0.4, 0.5) is 0 Å². The smallest absolute Gasteiger partial charge is 0.320 e. The molecule has 1 aliphatic carbocycles. The second-order valence-electron chi connectivity index (χ2n) is 5.80. The van der Waals surface area contributed by atoms with Crippen LogP contribution in [0.5, 0.6) is 0 Å². The van der Waals surface area contributed by atoms with Crippen molar-refractivity contribution in [3.63, 3.8) is 0 Å². The van der Waals surface area contributed by atoms with Crippen LogP contribution in [0.1, 0.15) is 45.4 Å². The van der Waals surface area contributed by atoms with E-state index in [2.05, 4.69) is 0 Å². The molecule has 0 aromatic heterocycles. The van der Waals surface area contributed by atoms with Crippen LogP contribution in [0.2, 0.25) is 0 Å². The first kappa shape index (κ1) is 17.7. The fourth-order valence-corrected chi connectivity index (χ4v) is 5.70. The van der Waals surface area contributed by atoms with Gasteiger partial charge >= 0.3 is 5.97 Å². The number of carboxylic acid groups (broad SMARTS) is 1. The Morgan fingerprint density at radius 2 is 1.90 bits per heavy atom. The van der Waals surface area contributed by atoms with Gasteiger partial charge in [-0.15, -0.1) is 12.4 Å². The Labute approximate surface area is 127 Å². The molecule has 2 aliphatic rings. The molecule has 0 aromatic rings. The lowest BCUT2D eigenvalue weighted by Crippen LogP contribution is -2.60. The number of nitrogens with zero attached hydrogens (tertiary/aromatic N) is 1. The van der Waals surface area contributed by atoms with Gasteiger partial charge in [-0.3, -0.25) is 9.69 Å². The van der Waals surface area contributed by atoms with E-state index in [9.17, 15) is 18.3 Å². The van der Waals surface area contributed by atoms with E-state index in [0.29, 0.717) is 32.4 Å². The Balaban J connectivity index is 0.00000200. The molecule has 7 heteroatoms. The van der Waals surface area contributed by atoms with Gasteiger partial charge in [-0.05, 0) is 19.3 Å². The third kappa shape index (κ3) is 3.12. The lowest BCUT2D eigenvalue weighted by atomic mass is 9.87. The summed E-state index contributed by atoms with van der Waals surface area (Å²) >= 11 is 0. The maximum absolute atomic E-state index is 12.4. The van der Waals surface area contributed by atoms with Crippen LogP contribution in [0.15, 0.2) is 0 Å². The van der Waals surface area contributed by atoms with Crippen LogP contribution in [0.25, 0.3) is 0 Å². The van der Waals surface area contributed by atoms with Crippen molar-refractivity contribution in [2.24, 2.45) is 0 Å². The number of rotatable bonds is 3. The summed E-state index contributed by atoms with van der Waals surface area (Å²) < 4.78 is 24.1. The van der Waals surface area contributed by atoms with Gasteiger partial charge in [0.1, 0.15) is 6.04 Å². The molecule has 0 bridgehead atoms. The van der Waals surface area contributed by atoms with Crippen molar-refractivity contribution in [1.29, 1.82) is 0 Å². The predicted octanol–water partition coefficient (Wildman–Crippen LogP) is 1.70. The van der Waals surface area contributed by atoms with E-state index >= 15 is 0 Å². The first-order valence-electron chi connectivity index (χ1n) is 7.11. The van der Waals surface area contributed by atoms with Gasteiger partial charge in [0.25, 0.3) is 0 Å². The van der Waals surface area contributed by atoms with E-state index in [4.69, 9.17) is 0 Å². The minimum atomic E-state index is -3.08. The Morgan fingerprint density at radius 3 is 2.40 bits per heavy atom. The zero-order chi connectivity index (χ0) is 14.1. The Kier molecular flexibility index (Phi) is 5.87. The lowest BCUT2D eigenvalue weighted by Gasteiger charge is -2.45. The van der Waals surface area contributed by atoms with Gasteiger partial charge in [0.2, 0.25) is 0 Å². The van der Waals surface area contributed by atoms with Gasteiger partial charge in [-0.25, -0.2) is 8.42 Å². The monoisotopic (exact) mass is 325 g/mol. The topological polar surface area (TPSA) is 74.7 Å². The quantitative estimate of drug-likeness (QED) is 0.855. The van der Waals surface area contributed by atoms with E-state index < -0.39 is 26.6 Å². The summed E-state index contributed by atoms with van der Waals surface area (Å²) in [5, 5.41) is 9.25. The number of carboxylic acids is 1. The van der Waals surface area contributed by atoms with E-state index in [1.807, 2.05) is 11.8 Å². The Bertz CT molecular complexity index is 445. The molecule has 1 aliphatic heterocycles. The standard InChI is InChI=1S/C13H23NO4S.ClH/c1-2-11(12(15)16)14-8-9-19(17,18)13(10-14)6-4-3-5-7-13;/h11H,2-10H2,1H3,(H,15,16);1H. The maximum Gasteiger partial charge on any atom is 0.320 e. The molecule has 1 unspecified atom stereocenters. The molecule has 20 heavy (non-hydrogen) atoms. The van der Waals surface area contributed by atoms with Gasteiger partial charge in [0.05, 0.1) is 10.5 Å². The number of sulfone groups is 1. The molecule has 1 saturated carbocycles. The first-order valence-corrected chi connectivity index (χ1v) is 8.76. The maximum atomic E-state index is 12.4. The van der Waals surface area contributed by atoms with Gasteiger partial charge in [0.15, 0.2) is 9.84 Å². The van der Waals surface area contributed by atoms with E-state index in [1.54, 1.807) is 0 Å². The summed E-state index contributed by atoms with van der Waals surface area (Å²) in [6.07, 6.45) is 4.89. The summed E-state index contributed by atoms with van der Waals surface area (Å²) in [5.74, 6) is -0.732. The minimum Gasteiger partial charge on any atom is -0.480 e. The molecule has 0 aromatic carbocycles. The molecule has 1 atom stereocenters. The summed E-state index contributed by atoms with van der Waals surface area (Å²) in [6.45, 7) is 2.60. The molecule has 1 spiro atoms. The zero-order valence-electron chi connectivity index (χ0n) is 11.9. The molecule has 0 radical (unpaired) electrons. The van der Waals surface area contributed by atoms with Crippen molar-refractivity contribution in [1.82, 2.24) is 4.90 Å². The molecule has 1 heterocycles. The zero-order valence-corrected chi connectivity index (χ0v) is 13.5. The van der Waals surface area contributed by atoms with Crippen LogP contribution in [0.3, 0.4) is 0 Å². The van der Waals surface area contributed by atoms with Crippen molar-refractivity contribution in [2.75, 3.05) is 18.8 Å². The Morgan fingerprint density at radius 1 is 1.30 bits per heavy atom. The molecular formula is C13H24ClNO4S. The van der Waals surface area contributed by atoms with Gasteiger partial charge in [0, 0.05) is 13.1 Å². The van der Waals surface area contributed by atoms with Crippen LogP contribution >= 0.6 is 12.4 Å². The van der Waals surface area contributed by atoms with Gasteiger partial charge in [-0.2, -0.15) is 0 Å². The molecule has 118 valence electrons. The largest absolute Gasteiger partial charge is 0.480 e. The second-order valence-corrected chi connectivity index (χ2v) is 8.30. The normalized spacial score (nSPS) is 26.6. The van der Waals surface area contributed by atoms with Crippen molar-refractivity contribution in [3.05, 3.63) is 0 Å². The van der Waals surface area contributed by atoms with Crippen molar-refractivity contribution in [2.45, 2.75) is 56.2 Å². The van der Waals surface area contributed by atoms with Crippen molar-refractivity contribution < 1.29 is 18.3 Å². The summed E-state index contributed by atoms with van der Waals surface area (Å²) in [7, 11) is -3.08. The molecule has 5 nitrogen and oxygen atoms in total. The predicted molar refractivity (Wildman–Crippen MR) is 80.1 cm³/mol. The SMILES string of the molecule is CCC(C(=O)O)N1CCS(=O)(=O)C2(CCCCC2)C1.Cl. The third-order valence-corrected chi connectivity index (χ3v) is 7.25. The summed E-state index contributed by atoms with van der Waals surface area (Å²) in [5.41, 5.74) is 0. The number of aliphatic carboxylic acids is 1. The molecule has 2 fully saturated rings. The first-order chi connectivity index (χ1) is 8.92. The average Bonchev–Trinajstić information content (AvgIpc) is 2.36. The number of hydrogen-bond acceptors (Lipinski definition) is 4. The number of halogens is 1. The highest BCUT2D eigenvalue weighted by molar-refractivity contribution is 7.92. The number of carbonyl (C=O) groups is 1. The third-order valence-electron chi connectivity index (χ3n) is 4.68. The minimum absolute atomic E-state index is 0. The van der Waals surface area contributed by atoms with Gasteiger partial charge < -0.3 is 5.11 Å². The molecule has 2 rings (SSSR count). The average molecular weight is 326 g/mol. The van der Waals surface area contributed by atoms with Crippen LogP contribution in [-0.2, 0) is 14.6 Å². The highest BCUT2D eigenvalue weighted by atomic mass is 35.5. The van der Waals surface area contributed by atoms with Crippen molar-refractivity contribution >= 4 is 28.2 Å². The summed E-state index contributed by atoms with van der Waals surface area (Å²) in [6, 6.07) is -0.547. The van der Waals surface area contributed by atoms with Gasteiger partial charge in [-0.1, -0.05) is 26.2 Å². The van der Waals surface area contributed by atoms with Crippen LogP contribution in [0, 0.1) is 0 Å². The fraction of sp³-hybridized carbons (Fsp3) is 0.923. The highest BCUT2D eigenvalue weighted by Crippen LogP contribution is 2.39. The molecule has 1 N–H and O–H groups in total. The van der Waals surface area contributed by atoms with Crippen LogP contribution < -0.4 is 0 Å². The van der Waals surface area contributed by atoms with E-state index in [-0.39, 0.29) is 18.2 Å². The highest BCUT2D eigenvalue weighted by Gasteiger charge is 2.49.